The summed E-state index contributed by atoms with van der Waals surface area (Å²) in [7, 11) is -2.00. The predicted octanol–water partition coefficient (Wildman–Crippen LogP) is 0.343. The van der Waals surface area contributed by atoms with Gasteiger partial charge in [0.2, 0.25) is 10.0 Å². The van der Waals surface area contributed by atoms with Crippen LogP contribution in [-0.2, 0) is 21.8 Å². The van der Waals surface area contributed by atoms with Crippen molar-refractivity contribution in [3.63, 3.8) is 0 Å². The molecule has 0 spiro atoms. The van der Waals surface area contributed by atoms with Crippen LogP contribution >= 0.6 is 0 Å². The zero-order valence-electron chi connectivity index (χ0n) is 11.6. The number of aromatic nitrogens is 2. The minimum absolute atomic E-state index is 0.00261. The third kappa shape index (κ3) is 5.17. The fraction of sp³-hybridized carbons (Fsp3) is 0.727. The molecule has 1 heterocycles. The number of rotatable bonds is 8. The summed E-state index contributed by atoms with van der Waals surface area (Å²) in [5.41, 5.74) is 5.53. The summed E-state index contributed by atoms with van der Waals surface area (Å²) >= 11 is 0. The molecule has 3 N–H and O–H groups in total. The number of nitrogens with one attached hydrogen (secondary N) is 1. The van der Waals surface area contributed by atoms with Gasteiger partial charge in [-0.05, 0) is 12.3 Å². The molecule has 0 aliphatic carbocycles. The van der Waals surface area contributed by atoms with Crippen molar-refractivity contribution < 1.29 is 13.2 Å². The van der Waals surface area contributed by atoms with Crippen LogP contribution in [0.1, 0.15) is 20.3 Å². The lowest BCUT2D eigenvalue weighted by Gasteiger charge is -2.07. The lowest BCUT2D eigenvalue weighted by molar-refractivity contribution is 0.128. The Morgan fingerprint density at radius 2 is 2.16 bits per heavy atom. The van der Waals surface area contributed by atoms with Crippen molar-refractivity contribution >= 4 is 15.8 Å². The number of aryl methyl sites for hydroxylation is 1. The standard InChI is InChI=1S/C11H22N4O3S/c1-9(2)4-6-18-7-5-13-19(16,17)10-8-15(3)14-11(10)12/h8-9,13H,4-7H2,1-3H3,(H2,12,14). The molecule has 1 rings (SSSR count). The van der Waals surface area contributed by atoms with Crippen LogP contribution in [0, 0.1) is 5.92 Å². The van der Waals surface area contributed by atoms with E-state index in [-0.39, 0.29) is 17.3 Å². The molecule has 0 saturated heterocycles. The largest absolute Gasteiger partial charge is 0.381 e. The van der Waals surface area contributed by atoms with Crippen molar-refractivity contribution in [2.75, 3.05) is 25.5 Å². The normalized spacial score (nSPS) is 12.2. The lowest BCUT2D eigenvalue weighted by atomic mass is 10.1. The van der Waals surface area contributed by atoms with E-state index in [0.717, 1.165) is 6.42 Å². The second kappa shape index (κ2) is 6.88. The van der Waals surface area contributed by atoms with Crippen LogP contribution in [-0.4, -0.2) is 38.0 Å². The van der Waals surface area contributed by atoms with Gasteiger partial charge in [0.25, 0.3) is 0 Å². The van der Waals surface area contributed by atoms with Crippen LogP contribution in [0.15, 0.2) is 11.1 Å². The van der Waals surface area contributed by atoms with Crippen LogP contribution in [0.5, 0.6) is 0 Å². The van der Waals surface area contributed by atoms with E-state index in [1.165, 1.54) is 10.9 Å². The Morgan fingerprint density at radius 1 is 1.47 bits per heavy atom. The van der Waals surface area contributed by atoms with E-state index in [9.17, 15) is 8.42 Å². The molecular formula is C11H22N4O3S. The van der Waals surface area contributed by atoms with E-state index in [1.54, 1.807) is 7.05 Å². The van der Waals surface area contributed by atoms with Crippen molar-refractivity contribution in [1.29, 1.82) is 0 Å². The number of ether oxygens (including phenoxy) is 1. The zero-order chi connectivity index (χ0) is 14.5. The number of anilines is 1. The molecule has 7 nitrogen and oxygen atoms in total. The Morgan fingerprint density at radius 3 is 2.68 bits per heavy atom. The number of hydrogen-bond acceptors (Lipinski definition) is 5. The molecule has 0 aromatic carbocycles. The third-order valence-electron chi connectivity index (χ3n) is 2.49. The first-order chi connectivity index (χ1) is 8.83. The van der Waals surface area contributed by atoms with Gasteiger partial charge in [0, 0.05) is 26.4 Å². The summed E-state index contributed by atoms with van der Waals surface area (Å²) < 4.78 is 32.9. The van der Waals surface area contributed by atoms with Crippen LogP contribution < -0.4 is 10.5 Å². The molecule has 0 atom stereocenters. The Kier molecular flexibility index (Phi) is 5.77. The fourth-order valence-corrected chi connectivity index (χ4v) is 2.55. The van der Waals surface area contributed by atoms with Crippen LogP contribution in [0.4, 0.5) is 5.82 Å². The Balaban J connectivity index is 2.38. The number of nitrogens with zero attached hydrogens (tertiary/aromatic N) is 2. The summed E-state index contributed by atoms with van der Waals surface area (Å²) in [6, 6.07) is 0. The average Bonchev–Trinajstić information content (AvgIpc) is 2.63. The number of nitrogens with two attached hydrogens (primary N) is 1. The molecule has 0 bridgehead atoms. The smallest absolute Gasteiger partial charge is 0.245 e. The van der Waals surface area contributed by atoms with E-state index in [2.05, 4.69) is 23.7 Å². The summed E-state index contributed by atoms with van der Waals surface area (Å²) in [5, 5.41) is 3.80. The van der Waals surface area contributed by atoms with Gasteiger partial charge in [-0.1, -0.05) is 13.8 Å². The highest BCUT2D eigenvalue weighted by atomic mass is 32.2. The molecule has 1 aromatic heterocycles. The second-order valence-electron chi connectivity index (χ2n) is 4.74. The van der Waals surface area contributed by atoms with Gasteiger partial charge in [-0.25, -0.2) is 13.1 Å². The van der Waals surface area contributed by atoms with E-state index in [0.29, 0.717) is 19.1 Å². The topological polar surface area (TPSA) is 99.2 Å². The molecule has 0 aliphatic heterocycles. The second-order valence-corrected chi connectivity index (χ2v) is 6.48. The predicted molar refractivity (Wildman–Crippen MR) is 73.1 cm³/mol. The van der Waals surface area contributed by atoms with Crippen molar-refractivity contribution in [3.8, 4) is 0 Å². The average molecular weight is 290 g/mol. The first kappa shape index (κ1) is 15.9. The van der Waals surface area contributed by atoms with Gasteiger partial charge >= 0.3 is 0 Å². The van der Waals surface area contributed by atoms with Gasteiger partial charge in [-0.15, -0.1) is 0 Å². The van der Waals surface area contributed by atoms with Gasteiger partial charge in [0.1, 0.15) is 4.90 Å². The van der Waals surface area contributed by atoms with Gasteiger partial charge in [-0.3, -0.25) is 4.68 Å². The first-order valence-corrected chi connectivity index (χ1v) is 7.67. The molecule has 0 unspecified atom stereocenters. The first-order valence-electron chi connectivity index (χ1n) is 6.19. The summed E-state index contributed by atoms with van der Waals surface area (Å²) in [5.74, 6) is 0.572. The summed E-state index contributed by atoms with van der Waals surface area (Å²) in [4.78, 5) is -0.00261. The molecule has 0 radical (unpaired) electrons. The summed E-state index contributed by atoms with van der Waals surface area (Å²) in [6.45, 7) is 5.41. The molecule has 1 aromatic rings. The van der Waals surface area contributed by atoms with Crippen molar-refractivity contribution in [3.05, 3.63) is 6.20 Å². The molecule has 0 aliphatic rings. The van der Waals surface area contributed by atoms with Gasteiger partial charge in [0.15, 0.2) is 5.82 Å². The van der Waals surface area contributed by atoms with E-state index < -0.39 is 10.0 Å². The minimum Gasteiger partial charge on any atom is -0.381 e. The highest BCUT2D eigenvalue weighted by Gasteiger charge is 2.19. The maximum absolute atomic E-state index is 11.9. The lowest BCUT2D eigenvalue weighted by Crippen LogP contribution is -2.28. The van der Waals surface area contributed by atoms with Gasteiger partial charge in [-0.2, -0.15) is 5.10 Å². The van der Waals surface area contributed by atoms with Crippen molar-refractivity contribution in [2.45, 2.75) is 25.2 Å². The number of sulfonamides is 1. The quantitative estimate of drug-likeness (QED) is 0.673. The Labute approximate surface area is 114 Å². The Bertz CT molecular complexity index is 496. The van der Waals surface area contributed by atoms with E-state index in [4.69, 9.17) is 10.5 Å². The summed E-state index contributed by atoms with van der Waals surface area (Å²) in [6.07, 6.45) is 2.33. The Hall–Kier alpha value is -1.12. The van der Waals surface area contributed by atoms with Crippen molar-refractivity contribution in [1.82, 2.24) is 14.5 Å². The fourth-order valence-electron chi connectivity index (χ4n) is 1.44. The van der Waals surface area contributed by atoms with E-state index >= 15 is 0 Å². The van der Waals surface area contributed by atoms with Gasteiger partial charge in [0.05, 0.1) is 6.61 Å². The van der Waals surface area contributed by atoms with Crippen LogP contribution in [0.2, 0.25) is 0 Å². The van der Waals surface area contributed by atoms with Crippen LogP contribution in [0.25, 0.3) is 0 Å². The highest BCUT2D eigenvalue weighted by Crippen LogP contribution is 2.14. The minimum atomic E-state index is -3.61. The highest BCUT2D eigenvalue weighted by molar-refractivity contribution is 7.89. The molecule has 0 saturated carbocycles. The maximum Gasteiger partial charge on any atom is 0.245 e. The molecular weight excluding hydrogens is 268 g/mol. The van der Waals surface area contributed by atoms with E-state index in [1.807, 2.05) is 0 Å². The maximum atomic E-state index is 11.9. The third-order valence-corrected chi connectivity index (χ3v) is 3.97. The zero-order valence-corrected chi connectivity index (χ0v) is 12.4. The molecule has 0 amide bonds. The monoisotopic (exact) mass is 290 g/mol. The molecule has 110 valence electrons. The van der Waals surface area contributed by atoms with Crippen molar-refractivity contribution in [2.24, 2.45) is 13.0 Å². The molecule has 19 heavy (non-hydrogen) atoms. The SMILES string of the molecule is CC(C)CCOCCNS(=O)(=O)c1cn(C)nc1N. The molecule has 8 heteroatoms. The van der Waals surface area contributed by atoms with Gasteiger partial charge < -0.3 is 10.5 Å². The molecule has 0 fully saturated rings. The van der Waals surface area contributed by atoms with Crippen LogP contribution in [0.3, 0.4) is 0 Å². The number of hydrogen-bond donors (Lipinski definition) is 2. The number of nitrogen functional groups attached to an aromatic ring is 1.